The summed E-state index contributed by atoms with van der Waals surface area (Å²) in [6, 6.07) is 7.14. The quantitative estimate of drug-likeness (QED) is 0.734. The van der Waals surface area contributed by atoms with Crippen LogP contribution in [0, 0.1) is 5.92 Å². The molecule has 1 atom stereocenters. The van der Waals surface area contributed by atoms with E-state index in [0.29, 0.717) is 6.04 Å². The first-order chi connectivity index (χ1) is 10.2. The molecule has 1 saturated carbocycles. The molecule has 4 heteroatoms. The van der Waals surface area contributed by atoms with E-state index < -0.39 is 0 Å². The second-order valence-electron chi connectivity index (χ2n) is 6.35. The van der Waals surface area contributed by atoms with E-state index in [9.17, 15) is 0 Å². The lowest BCUT2D eigenvalue weighted by Gasteiger charge is -2.34. The molecule has 1 aliphatic carbocycles. The predicted octanol–water partition coefficient (Wildman–Crippen LogP) is 4.96. The third-order valence-corrected chi connectivity index (χ3v) is 6.06. The first-order valence-corrected chi connectivity index (χ1v) is 9.76. The molecular weight excluding hydrogens is 392 g/mol. The molecule has 2 fully saturated rings. The molecule has 1 aromatic carbocycles. The molecule has 1 unspecified atom stereocenters. The molecule has 116 valence electrons. The lowest BCUT2D eigenvalue weighted by atomic mass is 9.83. The van der Waals surface area contributed by atoms with Crippen molar-refractivity contribution in [1.82, 2.24) is 5.32 Å². The van der Waals surface area contributed by atoms with Gasteiger partial charge in [-0.25, -0.2) is 0 Å². The van der Waals surface area contributed by atoms with Crippen LogP contribution in [-0.2, 0) is 0 Å². The van der Waals surface area contributed by atoms with Crippen molar-refractivity contribution in [3.8, 4) is 0 Å². The zero-order valence-electron chi connectivity index (χ0n) is 12.5. The number of hydrogen-bond donors (Lipinski definition) is 1. The smallest absolute Gasteiger partial charge is 0.0522 e. The molecule has 0 radical (unpaired) electrons. The van der Waals surface area contributed by atoms with Crippen LogP contribution in [0.3, 0.4) is 0 Å². The van der Waals surface area contributed by atoms with Crippen LogP contribution < -0.4 is 10.2 Å². The third kappa shape index (κ3) is 4.02. The van der Waals surface area contributed by atoms with Gasteiger partial charge in [0, 0.05) is 28.1 Å². The Labute approximate surface area is 144 Å². The lowest BCUT2D eigenvalue weighted by molar-refractivity contribution is 0.277. The van der Waals surface area contributed by atoms with Gasteiger partial charge in [0.2, 0.25) is 0 Å². The standard InChI is InChI=1S/C17H24Br2N2/c18-14-7-8-15(19)17(11-14)21-10-4-9-20-16(12-21)13-5-2-1-3-6-13/h7-8,11,13,16,20H,1-6,9-10,12H2. The second-order valence-corrected chi connectivity index (χ2v) is 8.12. The number of benzene rings is 1. The summed E-state index contributed by atoms with van der Waals surface area (Å²) >= 11 is 7.34. The Bertz CT molecular complexity index is 472. The normalized spacial score (nSPS) is 24.9. The minimum Gasteiger partial charge on any atom is -0.369 e. The lowest BCUT2D eigenvalue weighted by Crippen LogP contribution is -2.43. The molecule has 3 rings (SSSR count). The fourth-order valence-corrected chi connectivity index (χ4v) is 4.60. The molecule has 1 heterocycles. The van der Waals surface area contributed by atoms with E-state index in [1.54, 1.807) is 0 Å². The number of hydrogen-bond acceptors (Lipinski definition) is 2. The van der Waals surface area contributed by atoms with Crippen molar-refractivity contribution in [3.05, 3.63) is 27.1 Å². The molecule has 2 nitrogen and oxygen atoms in total. The van der Waals surface area contributed by atoms with E-state index in [1.165, 1.54) is 48.7 Å². The maximum Gasteiger partial charge on any atom is 0.0522 e. The molecule has 1 saturated heterocycles. The van der Waals surface area contributed by atoms with Gasteiger partial charge in [-0.3, -0.25) is 0 Å². The fourth-order valence-electron chi connectivity index (χ4n) is 3.75. The monoisotopic (exact) mass is 414 g/mol. The average molecular weight is 416 g/mol. The summed E-state index contributed by atoms with van der Waals surface area (Å²) in [6.07, 6.45) is 8.31. The molecule has 2 aliphatic rings. The minimum absolute atomic E-state index is 0.652. The summed E-state index contributed by atoms with van der Waals surface area (Å²) in [7, 11) is 0. The van der Waals surface area contributed by atoms with Gasteiger partial charge in [0.05, 0.1) is 5.69 Å². The second kappa shape index (κ2) is 7.47. The van der Waals surface area contributed by atoms with Gasteiger partial charge in [-0.05, 0) is 65.9 Å². The predicted molar refractivity (Wildman–Crippen MR) is 97.0 cm³/mol. The van der Waals surface area contributed by atoms with Crippen molar-refractivity contribution in [3.63, 3.8) is 0 Å². The third-order valence-electron chi connectivity index (χ3n) is 4.90. The van der Waals surface area contributed by atoms with Crippen LogP contribution in [0.25, 0.3) is 0 Å². The Morgan fingerprint density at radius 2 is 1.86 bits per heavy atom. The SMILES string of the molecule is Brc1ccc(Br)c(N2CCCNC(C3CCCCC3)C2)c1. The van der Waals surface area contributed by atoms with Gasteiger partial charge in [0.1, 0.15) is 0 Å². The number of nitrogens with zero attached hydrogens (tertiary/aromatic N) is 1. The van der Waals surface area contributed by atoms with Gasteiger partial charge in [-0.1, -0.05) is 35.2 Å². The number of halogens is 2. The molecule has 1 N–H and O–H groups in total. The number of nitrogens with one attached hydrogen (secondary N) is 1. The molecule has 1 aromatic rings. The van der Waals surface area contributed by atoms with Gasteiger partial charge >= 0.3 is 0 Å². The van der Waals surface area contributed by atoms with Crippen molar-refractivity contribution in [1.29, 1.82) is 0 Å². The van der Waals surface area contributed by atoms with E-state index in [-0.39, 0.29) is 0 Å². The summed E-state index contributed by atoms with van der Waals surface area (Å²) in [5, 5.41) is 3.82. The van der Waals surface area contributed by atoms with Crippen LogP contribution in [0.2, 0.25) is 0 Å². The van der Waals surface area contributed by atoms with Crippen LogP contribution in [0.5, 0.6) is 0 Å². The van der Waals surface area contributed by atoms with E-state index in [4.69, 9.17) is 0 Å². The van der Waals surface area contributed by atoms with E-state index in [2.05, 4.69) is 60.3 Å². The van der Waals surface area contributed by atoms with E-state index in [1.807, 2.05) is 0 Å². The summed E-state index contributed by atoms with van der Waals surface area (Å²) in [4.78, 5) is 2.56. The van der Waals surface area contributed by atoms with Gasteiger partial charge < -0.3 is 10.2 Å². The highest BCUT2D eigenvalue weighted by molar-refractivity contribution is 9.11. The molecule has 0 spiro atoms. The Balaban J connectivity index is 1.76. The summed E-state index contributed by atoms with van der Waals surface area (Å²) in [6.45, 7) is 3.44. The highest BCUT2D eigenvalue weighted by atomic mass is 79.9. The fraction of sp³-hybridized carbons (Fsp3) is 0.647. The van der Waals surface area contributed by atoms with Crippen molar-refractivity contribution < 1.29 is 0 Å². The molecule has 0 aromatic heterocycles. The van der Waals surface area contributed by atoms with Crippen LogP contribution in [0.4, 0.5) is 5.69 Å². The van der Waals surface area contributed by atoms with Crippen LogP contribution in [-0.4, -0.2) is 25.7 Å². The molecule has 0 amide bonds. The van der Waals surface area contributed by atoms with E-state index in [0.717, 1.165) is 30.0 Å². The highest BCUT2D eigenvalue weighted by Gasteiger charge is 2.27. The molecule has 0 bridgehead atoms. The maximum absolute atomic E-state index is 3.82. The topological polar surface area (TPSA) is 15.3 Å². The van der Waals surface area contributed by atoms with E-state index >= 15 is 0 Å². The van der Waals surface area contributed by atoms with Crippen molar-refractivity contribution in [2.75, 3.05) is 24.5 Å². The van der Waals surface area contributed by atoms with Gasteiger partial charge in [-0.2, -0.15) is 0 Å². The number of rotatable bonds is 2. The summed E-state index contributed by atoms with van der Waals surface area (Å²) in [5.41, 5.74) is 1.33. The zero-order chi connectivity index (χ0) is 14.7. The molecule has 1 aliphatic heterocycles. The first kappa shape index (κ1) is 15.8. The highest BCUT2D eigenvalue weighted by Crippen LogP contribution is 2.33. The number of anilines is 1. The Morgan fingerprint density at radius 3 is 2.67 bits per heavy atom. The first-order valence-electron chi connectivity index (χ1n) is 8.17. The summed E-state index contributed by atoms with van der Waals surface area (Å²) in [5.74, 6) is 0.866. The maximum atomic E-state index is 3.82. The van der Waals surface area contributed by atoms with Crippen LogP contribution >= 0.6 is 31.9 Å². The van der Waals surface area contributed by atoms with Gasteiger partial charge in [0.25, 0.3) is 0 Å². The van der Waals surface area contributed by atoms with Crippen molar-refractivity contribution in [2.24, 2.45) is 5.92 Å². The van der Waals surface area contributed by atoms with Gasteiger partial charge in [0.15, 0.2) is 0 Å². The Hall–Kier alpha value is -0.0600. The van der Waals surface area contributed by atoms with Crippen LogP contribution in [0.1, 0.15) is 38.5 Å². The average Bonchev–Trinajstić information content (AvgIpc) is 2.76. The Morgan fingerprint density at radius 1 is 1.05 bits per heavy atom. The Kier molecular flexibility index (Phi) is 5.63. The summed E-state index contributed by atoms with van der Waals surface area (Å²) < 4.78 is 2.36. The molecular formula is C17H24Br2N2. The van der Waals surface area contributed by atoms with Gasteiger partial charge in [-0.15, -0.1) is 0 Å². The van der Waals surface area contributed by atoms with Crippen molar-refractivity contribution >= 4 is 37.5 Å². The molecule has 21 heavy (non-hydrogen) atoms. The van der Waals surface area contributed by atoms with Crippen molar-refractivity contribution in [2.45, 2.75) is 44.6 Å². The minimum atomic E-state index is 0.652. The zero-order valence-corrected chi connectivity index (χ0v) is 15.6. The largest absolute Gasteiger partial charge is 0.369 e. The van der Waals surface area contributed by atoms with Crippen LogP contribution in [0.15, 0.2) is 27.1 Å².